The van der Waals surface area contributed by atoms with Gasteiger partial charge in [0.1, 0.15) is 18.2 Å². The fourth-order valence-corrected chi connectivity index (χ4v) is 3.48. The maximum absolute atomic E-state index is 11.5. The fraction of sp³-hybridized carbons (Fsp3) is 0.625. The summed E-state index contributed by atoms with van der Waals surface area (Å²) in [7, 11) is 1.90. The highest BCUT2D eigenvalue weighted by molar-refractivity contribution is 5.86. The van der Waals surface area contributed by atoms with Crippen molar-refractivity contribution in [1.29, 1.82) is 0 Å². The Labute approximate surface area is 140 Å². The maximum atomic E-state index is 11.5. The number of amides is 1. The number of rotatable bonds is 5. The van der Waals surface area contributed by atoms with E-state index >= 15 is 0 Å². The number of aromatic nitrogens is 4. The molecule has 0 bridgehead atoms. The molecular weight excluding hydrogens is 308 g/mol. The van der Waals surface area contributed by atoms with Crippen LogP contribution in [0.2, 0.25) is 0 Å². The van der Waals surface area contributed by atoms with Crippen LogP contribution in [0.3, 0.4) is 0 Å². The molecule has 2 aliphatic rings. The lowest BCUT2D eigenvalue weighted by Crippen LogP contribution is -2.30. The first kappa shape index (κ1) is 15.2. The van der Waals surface area contributed by atoms with Crippen LogP contribution in [0.1, 0.15) is 37.4 Å². The van der Waals surface area contributed by atoms with Gasteiger partial charge in [-0.15, -0.1) is 0 Å². The summed E-state index contributed by atoms with van der Waals surface area (Å²) in [6.45, 7) is 2.36. The number of nitrogens with zero attached hydrogens (tertiary/aromatic N) is 5. The Morgan fingerprint density at radius 2 is 2.17 bits per heavy atom. The minimum absolute atomic E-state index is 0.238. The molecule has 0 spiro atoms. The van der Waals surface area contributed by atoms with E-state index in [1.165, 1.54) is 12.8 Å². The number of aryl methyl sites for hydroxylation is 1. The van der Waals surface area contributed by atoms with Gasteiger partial charge < -0.3 is 15.0 Å². The standard InChI is InChI=1S/C16H22N6O2/c1-21-15-12(10-18-21)14(17-6-7-22-8-9-24-16(22)23)19-13(20-15)11-4-2-3-5-11/h10-11H,2-9H2,1H3,(H,17,19,20). The van der Waals surface area contributed by atoms with Crippen molar-refractivity contribution < 1.29 is 9.53 Å². The van der Waals surface area contributed by atoms with Crippen molar-refractivity contribution in [2.24, 2.45) is 7.05 Å². The van der Waals surface area contributed by atoms with Crippen molar-refractivity contribution >= 4 is 22.9 Å². The van der Waals surface area contributed by atoms with Crippen LogP contribution in [0.15, 0.2) is 6.20 Å². The number of anilines is 1. The van der Waals surface area contributed by atoms with E-state index in [0.717, 1.165) is 35.5 Å². The average molecular weight is 330 g/mol. The SMILES string of the molecule is Cn1ncc2c(NCCN3CCOC3=O)nc(C3CCCC3)nc21. The summed E-state index contributed by atoms with van der Waals surface area (Å²) in [6.07, 6.45) is 6.36. The predicted molar refractivity (Wildman–Crippen MR) is 88.9 cm³/mol. The number of nitrogens with one attached hydrogen (secondary N) is 1. The van der Waals surface area contributed by atoms with Crippen molar-refractivity contribution in [1.82, 2.24) is 24.6 Å². The zero-order valence-corrected chi connectivity index (χ0v) is 13.9. The second-order valence-corrected chi connectivity index (χ2v) is 6.45. The van der Waals surface area contributed by atoms with E-state index in [9.17, 15) is 4.79 Å². The summed E-state index contributed by atoms with van der Waals surface area (Å²) < 4.78 is 6.74. The highest BCUT2D eigenvalue weighted by Crippen LogP contribution is 2.33. The monoisotopic (exact) mass is 330 g/mol. The van der Waals surface area contributed by atoms with E-state index in [1.54, 1.807) is 15.8 Å². The van der Waals surface area contributed by atoms with Crippen LogP contribution in [0, 0.1) is 0 Å². The molecule has 1 N–H and O–H groups in total. The van der Waals surface area contributed by atoms with Crippen LogP contribution in [-0.2, 0) is 11.8 Å². The second kappa shape index (κ2) is 6.26. The van der Waals surface area contributed by atoms with Crippen LogP contribution in [0.5, 0.6) is 0 Å². The predicted octanol–water partition coefficient (Wildman–Crippen LogP) is 1.88. The topological polar surface area (TPSA) is 85.2 Å². The van der Waals surface area contributed by atoms with Gasteiger partial charge in [0.15, 0.2) is 5.65 Å². The number of carbonyl (C=O) groups is 1. The second-order valence-electron chi connectivity index (χ2n) is 6.45. The molecule has 0 atom stereocenters. The van der Waals surface area contributed by atoms with Crippen LogP contribution >= 0.6 is 0 Å². The van der Waals surface area contributed by atoms with Gasteiger partial charge in [-0.05, 0) is 12.8 Å². The number of hydrogen-bond donors (Lipinski definition) is 1. The van der Waals surface area contributed by atoms with E-state index in [-0.39, 0.29) is 6.09 Å². The Morgan fingerprint density at radius 1 is 1.33 bits per heavy atom. The minimum Gasteiger partial charge on any atom is -0.448 e. The lowest BCUT2D eigenvalue weighted by molar-refractivity contribution is 0.159. The molecule has 1 aliphatic heterocycles. The Hall–Kier alpha value is -2.38. The molecule has 2 aromatic heterocycles. The van der Waals surface area contributed by atoms with Crippen LogP contribution < -0.4 is 5.32 Å². The first-order valence-electron chi connectivity index (χ1n) is 8.57. The average Bonchev–Trinajstić information content (AvgIpc) is 3.31. The summed E-state index contributed by atoms with van der Waals surface area (Å²) in [4.78, 5) is 22.7. The van der Waals surface area contributed by atoms with Crippen molar-refractivity contribution in [3.8, 4) is 0 Å². The molecule has 24 heavy (non-hydrogen) atoms. The van der Waals surface area contributed by atoms with Gasteiger partial charge in [0.05, 0.1) is 18.1 Å². The molecule has 4 rings (SSSR count). The molecular formula is C16H22N6O2. The molecule has 0 radical (unpaired) electrons. The molecule has 1 saturated heterocycles. The van der Waals surface area contributed by atoms with Crippen LogP contribution in [0.4, 0.5) is 10.6 Å². The van der Waals surface area contributed by atoms with Gasteiger partial charge in [-0.1, -0.05) is 12.8 Å². The third-order valence-corrected chi connectivity index (χ3v) is 4.85. The molecule has 0 aromatic carbocycles. The van der Waals surface area contributed by atoms with E-state index < -0.39 is 0 Å². The quantitative estimate of drug-likeness (QED) is 0.901. The molecule has 1 amide bonds. The summed E-state index contributed by atoms with van der Waals surface area (Å²) in [5.74, 6) is 2.16. The summed E-state index contributed by atoms with van der Waals surface area (Å²) in [5, 5.41) is 8.59. The molecule has 3 heterocycles. The maximum Gasteiger partial charge on any atom is 0.409 e. The fourth-order valence-electron chi connectivity index (χ4n) is 3.48. The van der Waals surface area contributed by atoms with Gasteiger partial charge in [0.2, 0.25) is 0 Å². The third kappa shape index (κ3) is 2.76. The van der Waals surface area contributed by atoms with Crippen LogP contribution in [0.25, 0.3) is 11.0 Å². The Morgan fingerprint density at radius 3 is 2.92 bits per heavy atom. The van der Waals surface area contributed by atoms with Gasteiger partial charge in [-0.25, -0.2) is 14.8 Å². The van der Waals surface area contributed by atoms with Gasteiger partial charge in [0.25, 0.3) is 0 Å². The van der Waals surface area contributed by atoms with Crippen molar-refractivity contribution in [3.05, 3.63) is 12.0 Å². The summed E-state index contributed by atoms with van der Waals surface area (Å²) in [6, 6.07) is 0. The zero-order valence-electron chi connectivity index (χ0n) is 13.9. The number of hydrogen-bond acceptors (Lipinski definition) is 6. The van der Waals surface area contributed by atoms with E-state index in [1.807, 2.05) is 7.05 Å². The van der Waals surface area contributed by atoms with Gasteiger partial charge in [-0.2, -0.15) is 5.10 Å². The molecule has 128 valence electrons. The Kier molecular flexibility index (Phi) is 3.95. The Bertz CT molecular complexity index is 752. The van der Waals surface area contributed by atoms with Gasteiger partial charge in [0, 0.05) is 26.1 Å². The molecule has 2 fully saturated rings. The number of carbonyl (C=O) groups excluding carboxylic acids is 1. The van der Waals surface area contributed by atoms with Crippen molar-refractivity contribution in [3.63, 3.8) is 0 Å². The lowest BCUT2D eigenvalue weighted by atomic mass is 10.1. The minimum atomic E-state index is -0.238. The van der Waals surface area contributed by atoms with Gasteiger partial charge in [-0.3, -0.25) is 4.68 Å². The number of fused-ring (bicyclic) bond motifs is 1. The highest BCUT2D eigenvalue weighted by atomic mass is 16.6. The highest BCUT2D eigenvalue weighted by Gasteiger charge is 2.23. The molecule has 2 aromatic rings. The third-order valence-electron chi connectivity index (χ3n) is 4.85. The first-order valence-corrected chi connectivity index (χ1v) is 8.57. The largest absolute Gasteiger partial charge is 0.448 e. The van der Waals surface area contributed by atoms with Gasteiger partial charge >= 0.3 is 6.09 Å². The normalized spacial score (nSPS) is 18.5. The van der Waals surface area contributed by atoms with E-state index in [4.69, 9.17) is 14.7 Å². The lowest BCUT2D eigenvalue weighted by Gasteiger charge is -2.15. The smallest absolute Gasteiger partial charge is 0.409 e. The van der Waals surface area contributed by atoms with Crippen molar-refractivity contribution in [2.75, 3.05) is 31.6 Å². The van der Waals surface area contributed by atoms with Crippen LogP contribution in [-0.4, -0.2) is 57.0 Å². The molecule has 0 unspecified atom stereocenters. The molecule has 8 nitrogen and oxygen atoms in total. The van der Waals surface area contributed by atoms with Crippen molar-refractivity contribution in [2.45, 2.75) is 31.6 Å². The Balaban J connectivity index is 1.55. The number of ether oxygens (including phenoxy) is 1. The summed E-state index contributed by atoms with van der Waals surface area (Å²) >= 11 is 0. The van der Waals surface area contributed by atoms with E-state index in [2.05, 4.69) is 10.4 Å². The molecule has 1 aliphatic carbocycles. The van der Waals surface area contributed by atoms with E-state index in [0.29, 0.717) is 32.2 Å². The molecule has 1 saturated carbocycles. The first-order chi connectivity index (χ1) is 11.7. The number of cyclic esters (lactones) is 1. The molecule has 8 heteroatoms. The summed E-state index contributed by atoms with van der Waals surface area (Å²) in [5.41, 5.74) is 0.856. The zero-order chi connectivity index (χ0) is 16.5.